The van der Waals surface area contributed by atoms with Gasteiger partial charge in [0.15, 0.2) is 6.10 Å². The lowest BCUT2D eigenvalue weighted by Gasteiger charge is -2.05. The number of hydrogen-bond acceptors (Lipinski definition) is 3. The van der Waals surface area contributed by atoms with E-state index in [0.717, 1.165) is 0 Å². The van der Waals surface area contributed by atoms with Gasteiger partial charge in [-0.15, -0.1) is 0 Å². The van der Waals surface area contributed by atoms with Gasteiger partial charge >= 0.3 is 5.97 Å². The van der Waals surface area contributed by atoms with E-state index in [1.807, 2.05) is 0 Å². The molecule has 7 heteroatoms. The number of carboxylic acid groups (broad SMARTS) is 1. The van der Waals surface area contributed by atoms with Crippen LogP contribution >= 0.6 is 23.2 Å². The topological polar surface area (TPSA) is 86.6 Å². The molecule has 0 bridgehead atoms. The van der Waals surface area contributed by atoms with E-state index in [-0.39, 0.29) is 6.54 Å². The molecule has 1 aromatic rings. The van der Waals surface area contributed by atoms with Gasteiger partial charge in [-0.05, 0) is 29.8 Å². The van der Waals surface area contributed by atoms with Crippen LogP contribution in [0.5, 0.6) is 0 Å². The molecule has 0 aliphatic carbocycles. The fourth-order valence-corrected chi connectivity index (χ4v) is 1.51. The lowest BCUT2D eigenvalue weighted by atomic mass is 10.2. The van der Waals surface area contributed by atoms with Crippen LogP contribution in [-0.2, 0) is 9.59 Å². The summed E-state index contributed by atoms with van der Waals surface area (Å²) in [7, 11) is 0. The number of amides is 1. The third-order valence-electron chi connectivity index (χ3n) is 2.13. The number of carbonyl (C=O) groups is 2. The minimum absolute atomic E-state index is 0.373. The monoisotopic (exact) mass is 303 g/mol. The fourth-order valence-electron chi connectivity index (χ4n) is 1.15. The van der Waals surface area contributed by atoms with Crippen LogP contribution in [0.4, 0.5) is 0 Å². The standard InChI is InChI=1S/C12H11Cl2NO4/c13-8-2-3-9(14)7(5-8)1-4-11(17)15-6-10(16)12(18)19/h1-5,10,16H,6H2,(H,15,17)(H,18,19)/b4-1+/t10-/m0/s1. The zero-order chi connectivity index (χ0) is 14.4. The molecular formula is C12H11Cl2NO4. The van der Waals surface area contributed by atoms with Crippen molar-refractivity contribution in [3.8, 4) is 0 Å². The van der Waals surface area contributed by atoms with Crippen LogP contribution in [0.3, 0.4) is 0 Å². The first-order valence-electron chi connectivity index (χ1n) is 5.22. The maximum atomic E-state index is 11.4. The van der Waals surface area contributed by atoms with E-state index in [9.17, 15) is 9.59 Å². The molecule has 0 saturated heterocycles. The van der Waals surface area contributed by atoms with Crippen molar-refractivity contribution < 1.29 is 19.8 Å². The van der Waals surface area contributed by atoms with Crippen molar-refractivity contribution in [1.82, 2.24) is 5.32 Å². The molecule has 0 spiro atoms. The SMILES string of the molecule is O=C(/C=C/c1cc(Cl)ccc1Cl)NC[C@H](O)C(=O)O. The van der Waals surface area contributed by atoms with E-state index in [1.165, 1.54) is 12.2 Å². The molecule has 1 amide bonds. The van der Waals surface area contributed by atoms with Gasteiger partial charge in [0.1, 0.15) is 0 Å². The molecule has 0 saturated carbocycles. The number of carbonyl (C=O) groups excluding carboxylic acids is 1. The number of rotatable bonds is 5. The van der Waals surface area contributed by atoms with Crippen molar-refractivity contribution in [1.29, 1.82) is 0 Å². The van der Waals surface area contributed by atoms with Gasteiger partial charge in [0, 0.05) is 16.1 Å². The Balaban J connectivity index is 2.59. The highest BCUT2D eigenvalue weighted by atomic mass is 35.5. The summed E-state index contributed by atoms with van der Waals surface area (Å²) in [4.78, 5) is 21.7. The fraction of sp³-hybridized carbons (Fsp3) is 0.167. The maximum absolute atomic E-state index is 11.4. The van der Waals surface area contributed by atoms with E-state index in [2.05, 4.69) is 5.32 Å². The third-order valence-corrected chi connectivity index (χ3v) is 2.71. The molecular weight excluding hydrogens is 293 g/mol. The molecule has 0 aromatic heterocycles. The zero-order valence-corrected chi connectivity index (χ0v) is 11.1. The molecule has 19 heavy (non-hydrogen) atoms. The van der Waals surface area contributed by atoms with Crippen molar-refractivity contribution >= 4 is 41.2 Å². The normalized spacial score (nSPS) is 12.4. The second-order valence-corrected chi connectivity index (χ2v) is 4.44. The minimum atomic E-state index is -1.63. The average molecular weight is 304 g/mol. The highest BCUT2D eigenvalue weighted by Crippen LogP contribution is 2.21. The van der Waals surface area contributed by atoms with Crippen molar-refractivity contribution in [2.24, 2.45) is 0 Å². The number of aliphatic hydroxyl groups excluding tert-OH is 1. The Bertz CT molecular complexity index is 516. The Labute approximate surface area is 119 Å². The van der Waals surface area contributed by atoms with Crippen molar-refractivity contribution in [2.45, 2.75) is 6.10 Å². The Kier molecular flexibility index (Phi) is 5.82. The van der Waals surface area contributed by atoms with E-state index in [4.69, 9.17) is 33.4 Å². The van der Waals surface area contributed by atoms with Gasteiger partial charge in [0.25, 0.3) is 0 Å². The summed E-state index contributed by atoms with van der Waals surface area (Å²) in [5.41, 5.74) is 0.558. The largest absolute Gasteiger partial charge is 0.479 e. The van der Waals surface area contributed by atoms with E-state index < -0.39 is 18.0 Å². The van der Waals surface area contributed by atoms with Crippen molar-refractivity contribution in [2.75, 3.05) is 6.54 Å². The number of nitrogens with one attached hydrogen (secondary N) is 1. The van der Waals surface area contributed by atoms with Gasteiger partial charge < -0.3 is 15.5 Å². The molecule has 0 unspecified atom stereocenters. The predicted molar refractivity (Wildman–Crippen MR) is 72.1 cm³/mol. The van der Waals surface area contributed by atoms with Gasteiger partial charge in [0.05, 0.1) is 6.54 Å². The number of halogens is 2. The third kappa shape index (κ3) is 5.30. The Morgan fingerprint density at radius 2 is 2.05 bits per heavy atom. The quantitative estimate of drug-likeness (QED) is 0.721. The van der Waals surface area contributed by atoms with Crippen LogP contribution in [-0.4, -0.2) is 34.7 Å². The van der Waals surface area contributed by atoms with Crippen LogP contribution < -0.4 is 5.32 Å². The molecule has 0 radical (unpaired) electrons. The number of benzene rings is 1. The van der Waals surface area contributed by atoms with Crippen molar-refractivity contribution in [3.63, 3.8) is 0 Å². The van der Waals surface area contributed by atoms with Crippen LogP contribution in [0.2, 0.25) is 10.0 Å². The molecule has 5 nitrogen and oxygen atoms in total. The van der Waals surface area contributed by atoms with Gasteiger partial charge in [-0.25, -0.2) is 4.79 Å². The molecule has 3 N–H and O–H groups in total. The minimum Gasteiger partial charge on any atom is -0.479 e. The number of aliphatic carboxylic acids is 1. The number of carboxylic acids is 1. The number of hydrogen-bond donors (Lipinski definition) is 3. The zero-order valence-electron chi connectivity index (χ0n) is 9.64. The van der Waals surface area contributed by atoms with Crippen LogP contribution in [0.15, 0.2) is 24.3 Å². The van der Waals surface area contributed by atoms with Gasteiger partial charge in [-0.2, -0.15) is 0 Å². The van der Waals surface area contributed by atoms with E-state index in [0.29, 0.717) is 15.6 Å². The first-order valence-corrected chi connectivity index (χ1v) is 5.97. The summed E-state index contributed by atoms with van der Waals surface area (Å²) in [5.74, 6) is -1.95. The smallest absolute Gasteiger partial charge is 0.334 e. The summed E-state index contributed by atoms with van der Waals surface area (Å²) in [6.45, 7) is -0.373. The summed E-state index contributed by atoms with van der Waals surface area (Å²) in [6.07, 6.45) is 0.982. The van der Waals surface area contributed by atoms with Crippen LogP contribution in [0, 0.1) is 0 Å². The van der Waals surface area contributed by atoms with Crippen molar-refractivity contribution in [3.05, 3.63) is 39.9 Å². The molecule has 0 aliphatic heterocycles. The molecule has 1 atom stereocenters. The highest BCUT2D eigenvalue weighted by molar-refractivity contribution is 6.34. The Morgan fingerprint density at radius 3 is 2.68 bits per heavy atom. The summed E-state index contributed by atoms with van der Waals surface area (Å²) in [6, 6.07) is 4.79. The molecule has 1 aromatic carbocycles. The predicted octanol–water partition coefficient (Wildman–Crippen LogP) is 1.57. The first-order chi connectivity index (χ1) is 8.90. The van der Waals surface area contributed by atoms with E-state index >= 15 is 0 Å². The summed E-state index contributed by atoms with van der Waals surface area (Å²) in [5, 5.41) is 20.5. The van der Waals surface area contributed by atoms with Crippen LogP contribution in [0.1, 0.15) is 5.56 Å². The van der Waals surface area contributed by atoms with Gasteiger partial charge in [-0.1, -0.05) is 23.2 Å². The average Bonchev–Trinajstić information content (AvgIpc) is 2.36. The summed E-state index contributed by atoms with van der Waals surface area (Å²) < 4.78 is 0. The number of aliphatic hydroxyl groups is 1. The first kappa shape index (κ1) is 15.5. The lowest BCUT2D eigenvalue weighted by molar-refractivity contribution is -0.146. The lowest BCUT2D eigenvalue weighted by Crippen LogP contribution is -2.35. The molecule has 102 valence electrons. The van der Waals surface area contributed by atoms with Gasteiger partial charge in [-0.3, -0.25) is 4.79 Å². The van der Waals surface area contributed by atoms with Gasteiger partial charge in [0.2, 0.25) is 5.91 Å². The summed E-state index contributed by atoms with van der Waals surface area (Å²) >= 11 is 11.7. The Hall–Kier alpha value is -1.56. The molecule has 1 rings (SSSR count). The highest BCUT2D eigenvalue weighted by Gasteiger charge is 2.12. The molecule has 0 heterocycles. The maximum Gasteiger partial charge on any atom is 0.334 e. The molecule has 0 aliphatic rings. The van der Waals surface area contributed by atoms with Crippen LogP contribution in [0.25, 0.3) is 6.08 Å². The molecule has 0 fully saturated rings. The van der Waals surface area contributed by atoms with E-state index in [1.54, 1.807) is 18.2 Å². The Morgan fingerprint density at radius 1 is 1.37 bits per heavy atom. The second-order valence-electron chi connectivity index (χ2n) is 3.60. The second kappa shape index (κ2) is 7.13.